The standard InChI is InChI=1S/C76H122O6/c1-4-7-10-13-16-19-22-24-26-28-30-31-32-33-34-35-36-37-38-39-40-41-42-43-44-45-47-48-50-52-54-57-60-63-66-69-75(78)81-72-73(71-80-74(77)68-65-62-59-56-21-18-15-12-9-6-3)82-76(79)70-67-64-61-58-55-53-51-49-46-29-27-25-23-20-17-14-11-8-5-2/h7,10,12,15-17,19-20,24-27,30-31,33-34,36-37,39-40,42-43,45,47,50,52,73H,4-6,8-9,11,13-14,18,21-23,28-29,32,35,38,41,44,46,48-49,51,53-72H2,1-3H3/b10-7-,15-12-,19-16-,20-17-,26-24-,27-25-,31-30-,34-33-,37-36-,40-39-,43-42-,47-45-,52-50-. The van der Waals surface area contributed by atoms with Crippen LogP contribution in [-0.2, 0) is 28.6 Å². The molecule has 0 rings (SSSR count). The number of ether oxygens (including phenoxy) is 3. The summed E-state index contributed by atoms with van der Waals surface area (Å²) in [6, 6.07) is 0. The van der Waals surface area contributed by atoms with Crippen LogP contribution in [0, 0.1) is 0 Å². The van der Waals surface area contributed by atoms with Crippen molar-refractivity contribution in [1.29, 1.82) is 0 Å². The van der Waals surface area contributed by atoms with Gasteiger partial charge in [-0.15, -0.1) is 0 Å². The van der Waals surface area contributed by atoms with Crippen LogP contribution in [0.25, 0.3) is 0 Å². The second-order valence-corrected chi connectivity index (χ2v) is 21.6. The molecular formula is C76H122O6. The molecule has 0 heterocycles. The summed E-state index contributed by atoms with van der Waals surface area (Å²) in [5.74, 6) is -0.939. The number of unbranched alkanes of at least 4 members (excludes halogenated alkanes) is 22. The minimum atomic E-state index is -0.801. The van der Waals surface area contributed by atoms with E-state index in [4.69, 9.17) is 14.2 Å². The maximum atomic E-state index is 12.9. The molecule has 6 heteroatoms. The van der Waals surface area contributed by atoms with Gasteiger partial charge >= 0.3 is 17.9 Å². The van der Waals surface area contributed by atoms with Crippen LogP contribution >= 0.6 is 0 Å². The van der Waals surface area contributed by atoms with Gasteiger partial charge in [-0.25, -0.2) is 0 Å². The fraction of sp³-hybridized carbons (Fsp3) is 0.618. The van der Waals surface area contributed by atoms with E-state index in [9.17, 15) is 14.4 Å². The molecule has 0 fully saturated rings. The van der Waals surface area contributed by atoms with E-state index in [1.807, 2.05) is 0 Å². The number of hydrogen-bond acceptors (Lipinski definition) is 6. The molecule has 0 radical (unpaired) electrons. The van der Waals surface area contributed by atoms with Crippen molar-refractivity contribution in [3.05, 3.63) is 158 Å². The highest BCUT2D eigenvalue weighted by Crippen LogP contribution is 2.15. The minimum absolute atomic E-state index is 0.0970. The van der Waals surface area contributed by atoms with Gasteiger partial charge in [0.25, 0.3) is 0 Å². The van der Waals surface area contributed by atoms with Crippen LogP contribution in [0.5, 0.6) is 0 Å². The lowest BCUT2D eigenvalue weighted by Gasteiger charge is -2.18. The van der Waals surface area contributed by atoms with Gasteiger partial charge in [0.1, 0.15) is 13.2 Å². The molecule has 0 aliphatic rings. The van der Waals surface area contributed by atoms with Gasteiger partial charge in [0.05, 0.1) is 0 Å². The summed E-state index contributed by atoms with van der Waals surface area (Å²) in [5.41, 5.74) is 0. The zero-order valence-electron chi connectivity index (χ0n) is 52.9. The first-order chi connectivity index (χ1) is 40.5. The molecule has 1 unspecified atom stereocenters. The van der Waals surface area contributed by atoms with Gasteiger partial charge in [-0.1, -0.05) is 275 Å². The molecule has 6 nitrogen and oxygen atoms in total. The molecule has 0 aromatic rings. The first-order valence-electron chi connectivity index (χ1n) is 33.5. The Bertz CT molecular complexity index is 1830. The van der Waals surface area contributed by atoms with Crippen molar-refractivity contribution >= 4 is 17.9 Å². The highest BCUT2D eigenvalue weighted by molar-refractivity contribution is 5.71. The van der Waals surface area contributed by atoms with Crippen LogP contribution in [0.3, 0.4) is 0 Å². The zero-order valence-corrected chi connectivity index (χ0v) is 52.9. The van der Waals surface area contributed by atoms with Crippen molar-refractivity contribution in [3.63, 3.8) is 0 Å². The summed E-state index contributed by atoms with van der Waals surface area (Å²) >= 11 is 0. The van der Waals surface area contributed by atoms with Gasteiger partial charge in [0.2, 0.25) is 0 Å². The van der Waals surface area contributed by atoms with Crippen molar-refractivity contribution in [1.82, 2.24) is 0 Å². The Morgan fingerprint density at radius 1 is 0.256 bits per heavy atom. The molecule has 0 amide bonds. The molecule has 0 aromatic heterocycles. The van der Waals surface area contributed by atoms with Gasteiger partial charge in [-0.05, 0) is 148 Å². The van der Waals surface area contributed by atoms with Crippen LogP contribution < -0.4 is 0 Å². The van der Waals surface area contributed by atoms with Crippen molar-refractivity contribution in [2.75, 3.05) is 13.2 Å². The van der Waals surface area contributed by atoms with Gasteiger partial charge in [0.15, 0.2) is 6.10 Å². The van der Waals surface area contributed by atoms with Crippen LogP contribution in [0.15, 0.2) is 158 Å². The third kappa shape index (κ3) is 65.8. The Balaban J connectivity index is 4.30. The van der Waals surface area contributed by atoms with Crippen molar-refractivity contribution in [2.24, 2.45) is 0 Å². The first-order valence-corrected chi connectivity index (χ1v) is 33.5. The second-order valence-electron chi connectivity index (χ2n) is 21.6. The maximum absolute atomic E-state index is 12.9. The summed E-state index contributed by atoms with van der Waals surface area (Å²) < 4.78 is 16.9. The third-order valence-electron chi connectivity index (χ3n) is 13.7. The molecule has 1 atom stereocenters. The van der Waals surface area contributed by atoms with Crippen molar-refractivity contribution in [2.45, 2.75) is 290 Å². The maximum Gasteiger partial charge on any atom is 0.306 e. The number of hydrogen-bond donors (Lipinski definition) is 0. The Kier molecular flexibility index (Phi) is 64.4. The van der Waals surface area contributed by atoms with E-state index in [0.29, 0.717) is 19.3 Å². The first kappa shape index (κ1) is 77.0. The summed E-state index contributed by atoms with van der Waals surface area (Å²) in [4.78, 5) is 38.2. The van der Waals surface area contributed by atoms with Crippen LogP contribution in [0.4, 0.5) is 0 Å². The smallest absolute Gasteiger partial charge is 0.306 e. The topological polar surface area (TPSA) is 78.9 Å². The van der Waals surface area contributed by atoms with E-state index in [2.05, 4.69) is 179 Å². The summed E-state index contributed by atoms with van der Waals surface area (Å²) in [7, 11) is 0. The number of allylic oxidation sites excluding steroid dienone is 26. The van der Waals surface area contributed by atoms with Gasteiger partial charge in [-0.2, -0.15) is 0 Å². The summed E-state index contributed by atoms with van der Waals surface area (Å²) in [6.07, 6.45) is 99.8. The number of esters is 3. The Morgan fingerprint density at radius 2 is 0.500 bits per heavy atom. The van der Waals surface area contributed by atoms with Gasteiger partial charge in [0, 0.05) is 19.3 Å². The number of carbonyl (C=O) groups is 3. The fourth-order valence-corrected chi connectivity index (χ4v) is 8.74. The van der Waals surface area contributed by atoms with E-state index in [0.717, 1.165) is 161 Å². The lowest BCUT2D eigenvalue weighted by molar-refractivity contribution is -0.167. The lowest BCUT2D eigenvalue weighted by Crippen LogP contribution is -2.30. The van der Waals surface area contributed by atoms with Crippen molar-refractivity contribution in [3.8, 4) is 0 Å². The third-order valence-corrected chi connectivity index (χ3v) is 13.7. The average Bonchev–Trinajstić information content (AvgIpc) is 3.48. The summed E-state index contributed by atoms with van der Waals surface area (Å²) in [5, 5.41) is 0. The van der Waals surface area contributed by atoms with Gasteiger partial charge in [-0.3, -0.25) is 14.4 Å². The quantitative estimate of drug-likeness (QED) is 0.0261. The molecule has 0 spiro atoms. The molecule has 0 bridgehead atoms. The highest BCUT2D eigenvalue weighted by atomic mass is 16.6. The second kappa shape index (κ2) is 68.5. The molecular weight excluding hydrogens is 1010 g/mol. The predicted octanol–water partition coefficient (Wildman–Crippen LogP) is 23.3. The highest BCUT2D eigenvalue weighted by Gasteiger charge is 2.19. The van der Waals surface area contributed by atoms with Crippen LogP contribution in [0.2, 0.25) is 0 Å². The number of rotatable bonds is 59. The normalized spacial score (nSPS) is 13.2. The average molecular weight is 1130 g/mol. The SMILES string of the molecule is CC/C=C\C/C=C\C/C=C\C/C=C\C/C=C\C/C=C\C/C=C\C/C=C\C/C=C\C/C=C\CCCCCCC(=O)OCC(COC(=O)CCCCCCC/C=C\CCC)OC(=O)CCCCCCCCCCC/C=C\C/C=C\CCCCC. The molecule has 82 heavy (non-hydrogen) atoms. The van der Waals surface area contributed by atoms with E-state index in [-0.39, 0.29) is 31.1 Å². The molecule has 462 valence electrons. The monoisotopic (exact) mass is 1130 g/mol. The molecule has 0 aliphatic heterocycles. The predicted molar refractivity (Wildman–Crippen MR) is 357 cm³/mol. The largest absolute Gasteiger partial charge is 0.462 e. The van der Waals surface area contributed by atoms with E-state index in [1.54, 1.807) is 0 Å². The molecule has 0 saturated carbocycles. The molecule has 0 N–H and O–H groups in total. The van der Waals surface area contributed by atoms with Crippen LogP contribution in [0.1, 0.15) is 284 Å². The Hall–Kier alpha value is -4.97. The zero-order chi connectivity index (χ0) is 59.2. The van der Waals surface area contributed by atoms with E-state index in [1.165, 1.54) is 83.5 Å². The van der Waals surface area contributed by atoms with E-state index < -0.39 is 6.10 Å². The van der Waals surface area contributed by atoms with Crippen LogP contribution in [-0.4, -0.2) is 37.2 Å². The van der Waals surface area contributed by atoms with Gasteiger partial charge < -0.3 is 14.2 Å². The summed E-state index contributed by atoms with van der Waals surface area (Å²) in [6.45, 7) is 6.41. The lowest BCUT2D eigenvalue weighted by atomic mass is 10.1. The molecule has 0 saturated heterocycles. The molecule has 0 aromatic carbocycles. The van der Waals surface area contributed by atoms with E-state index >= 15 is 0 Å². The minimum Gasteiger partial charge on any atom is -0.462 e. The Labute approximate surface area is 505 Å². The molecule has 0 aliphatic carbocycles. The van der Waals surface area contributed by atoms with Crippen molar-refractivity contribution < 1.29 is 28.6 Å². The fourth-order valence-electron chi connectivity index (χ4n) is 8.74. The Morgan fingerprint density at radius 3 is 0.805 bits per heavy atom. The number of carbonyl (C=O) groups excluding carboxylic acids is 3.